The second-order valence-electron chi connectivity index (χ2n) is 7.58. The number of nitrogens with zero attached hydrogens (tertiary/aromatic N) is 2. The molecule has 5 heteroatoms. The normalized spacial score (nSPS) is 12.3. The first kappa shape index (κ1) is 21.9. The lowest BCUT2D eigenvalue weighted by Crippen LogP contribution is -2.27. The zero-order valence-electron chi connectivity index (χ0n) is 18.3. The monoisotopic (exact) mass is 419 g/mol. The topological polar surface area (TPSA) is 46.4 Å². The number of aromatic nitrogens is 1. The van der Waals surface area contributed by atoms with Crippen molar-refractivity contribution in [2.75, 3.05) is 0 Å². The van der Waals surface area contributed by atoms with Crippen LogP contribution in [0.3, 0.4) is 0 Å². The lowest BCUT2D eigenvalue weighted by molar-refractivity contribution is -0.120. The molecule has 3 aromatic rings. The van der Waals surface area contributed by atoms with Crippen molar-refractivity contribution in [2.45, 2.75) is 45.6 Å². The number of rotatable bonds is 7. The molecule has 1 aromatic heterocycles. The molecule has 0 spiro atoms. The summed E-state index contributed by atoms with van der Waals surface area (Å²) in [4.78, 5) is 12.4. The molecule has 0 saturated heterocycles. The first-order valence-corrected chi connectivity index (χ1v) is 11.2. The van der Waals surface area contributed by atoms with Crippen molar-refractivity contribution in [3.8, 4) is 5.69 Å². The summed E-state index contributed by atoms with van der Waals surface area (Å²) in [5.41, 5.74) is 10.8. The Balaban J connectivity index is 1.66. The van der Waals surface area contributed by atoms with E-state index in [4.69, 9.17) is 0 Å². The average molecular weight is 420 g/mol. The van der Waals surface area contributed by atoms with Crippen molar-refractivity contribution in [3.63, 3.8) is 0 Å². The molecule has 30 heavy (non-hydrogen) atoms. The van der Waals surface area contributed by atoms with E-state index in [0.717, 1.165) is 22.7 Å². The van der Waals surface area contributed by atoms with Crippen molar-refractivity contribution in [1.29, 1.82) is 0 Å². The standard InChI is InChI=1S/C25H29N3OS/c1-17-10-9-11-18(2)24(17)28-19(3)14-23(20(28)4)15-26-27-25(29)21(5)30-16-22-12-7-6-8-13-22/h6-15,21H,16H2,1-5H3,(H,27,29)/b26-15-/t21-/m1/s1. The van der Waals surface area contributed by atoms with Gasteiger partial charge < -0.3 is 4.57 Å². The van der Waals surface area contributed by atoms with Crippen molar-refractivity contribution in [3.05, 3.63) is 88.2 Å². The van der Waals surface area contributed by atoms with E-state index in [1.807, 2.05) is 25.1 Å². The SMILES string of the molecule is Cc1cccc(C)c1-n1c(C)cc(/C=N\NC(=O)[C@@H](C)SCc2ccccc2)c1C. The maximum atomic E-state index is 12.4. The van der Waals surface area contributed by atoms with E-state index in [-0.39, 0.29) is 11.2 Å². The van der Waals surface area contributed by atoms with Gasteiger partial charge >= 0.3 is 0 Å². The Hall–Kier alpha value is -2.79. The van der Waals surface area contributed by atoms with E-state index >= 15 is 0 Å². The molecule has 0 saturated carbocycles. The minimum atomic E-state index is -0.176. The molecule has 0 aliphatic rings. The van der Waals surface area contributed by atoms with E-state index in [2.05, 4.69) is 79.2 Å². The van der Waals surface area contributed by atoms with Crippen molar-refractivity contribution in [2.24, 2.45) is 5.10 Å². The van der Waals surface area contributed by atoms with Gasteiger partial charge in [0.25, 0.3) is 5.91 Å². The number of hydrazone groups is 1. The maximum absolute atomic E-state index is 12.4. The fourth-order valence-corrected chi connectivity index (χ4v) is 4.39. The predicted octanol–water partition coefficient (Wildman–Crippen LogP) is 5.48. The number of carbonyl (C=O) groups is 1. The summed E-state index contributed by atoms with van der Waals surface area (Å²) >= 11 is 1.60. The Morgan fingerprint density at radius 3 is 2.40 bits per heavy atom. The zero-order chi connectivity index (χ0) is 21.7. The smallest absolute Gasteiger partial charge is 0.252 e. The van der Waals surface area contributed by atoms with Gasteiger partial charge in [-0.3, -0.25) is 4.79 Å². The van der Waals surface area contributed by atoms with Gasteiger partial charge in [-0.15, -0.1) is 11.8 Å². The third-order valence-electron chi connectivity index (χ3n) is 5.22. The molecule has 0 bridgehead atoms. The summed E-state index contributed by atoms with van der Waals surface area (Å²) in [7, 11) is 0. The quantitative estimate of drug-likeness (QED) is 0.407. The van der Waals surface area contributed by atoms with Crippen LogP contribution in [0.1, 0.15) is 40.6 Å². The fourth-order valence-electron chi connectivity index (χ4n) is 3.55. The maximum Gasteiger partial charge on any atom is 0.252 e. The summed E-state index contributed by atoms with van der Waals surface area (Å²) in [6.45, 7) is 10.3. The molecule has 1 atom stereocenters. The molecule has 4 nitrogen and oxygen atoms in total. The predicted molar refractivity (Wildman–Crippen MR) is 128 cm³/mol. The van der Waals surface area contributed by atoms with Crippen LogP contribution in [0.25, 0.3) is 5.69 Å². The molecule has 0 aliphatic heterocycles. The van der Waals surface area contributed by atoms with E-state index in [0.29, 0.717) is 0 Å². The largest absolute Gasteiger partial charge is 0.317 e. The Kier molecular flexibility index (Phi) is 7.16. The van der Waals surface area contributed by atoms with Crippen LogP contribution in [0.4, 0.5) is 0 Å². The number of benzene rings is 2. The van der Waals surface area contributed by atoms with Crippen LogP contribution in [0.2, 0.25) is 0 Å². The van der Waals surface area contributed by atoms with Gasteiger partial charge in [0.15, 0.2) is 0 Å². The Morgan fingerprint density at radius 2 is 1.73 bits per heavy atom. The first-order valence-electron chi connectivity index (χ1n) is 10.1. The summed E-state index contributed by atoms with van der Waals surface area (Å²) < 4.78 is 2.26. The van der Waals surface area contributed by atoms with E-state index in [1.54, 1.807) is 18.0 Å². The fraction of sp³-hybridized carbons (Fsp3) is 0.280. The summed E-state index contributed by atoms with van der Waals surface area (Å²) in [6.07, 6.45) is 1.74. The number of aryl methyl sites for hydroxylation is 3. The highest BCUT2D eigenvalue weighted by molar-refractivity contribution is 7.99. The summed E-state index contributed by atoms with van der Waals surface area (Å²) in [5, 5.41) is 4.04. The number of hydrogen-bond acceptors (Lipinski definition) is 3. The zero-order valence-corrected chi connectivity index (χ0v) is 19.1. The van der Waals surface area contributed by atoms with Crippen LogP contribution < -0.4 is 5.43 Å². The molecular weight excluding hydrogens is 390 g/mol. The highest BCUT2D eigenvalue weighted by Gasteiger charge is 2.14. The molecule has 2 aromatic carbocycles. The Labute approximate surface area is 183 Å². The van der Waals surface area contributed by atoms with E-state index < -0.39 is 0 Å². The molecule has 0 aliphatic carbocycles. The molecule has 1 N–H and O–H groups in total. The summed E-state index contributed by atoms with van der Waals surface area (Å²) in [5.74, 6) is 0.714. The van der Waals surface area contributed by atoms with Gasteiger partial charge in [0.2, 0.25) is 0 Å². The molecule has 1 heterocycles. The van der Waals surface area contributed by atoms with Crippen LogP contribution >= 0.6 is 11.8 Å². The number of amides is 1. The number of carbonyl (C=O) groups excluding carboxylic acids is 1. The summed E-state index contributed by atoms with van der Waals surface area (Å²) in [6, 6.07) is 18.6. The van der Waals surface area contributed by atoms with Crippen LogP contribution in [-0.2, 0) is 10.5 Å². The van der Waals surface area contributed by atoms with E-state index in [9.17, 15) is 4.79 Å². The number of para-hydroxylation sites is 1. The molecule has 3 rings (SSSR count). The molecular formula is C25H29N3OS. The van der Waals surface area contributed by atoms with Gasteiger partial charge in [0, 0.05) is 22.7 Å². The second kappa shape index (κ2) is 9.81. The van der Waals surface area contributed by atoms with Crippen molar-refractivity contribution < 1.29 is 4.79 Å². The highest BCUT2D eigenvalue weighted by atomic mass is 32.2. The van der Waals surface area contributed by atoms with Gasteiger partial charge in [-0.25, -0.2) is 5.43 Å². The van der Waals surface area contributed by atoms with Crippen LogP contribution in [0, 0.1) is 27.7 Å². The molecule has 1 amide bonds. The van der Waals surface area contributed by atoms with E-state index in [1.165, 1.54) is 22.4 Å². The highest BCUT2D eigenvalue weighted by Crippen LogP contribution is 2.25. The number of hydrogen-bond donors (Lipinski definition) is 1. The number of nitrogens with one attached hydrogen (secondary N) is 1. The molecule has 0 fully saturated rings. The first-order chi connectivity index (χ1) is 14.4. The molecule has 156 valence electrons. The van der Waals surface area contributed by atoms with Crippen LogP contribution in [0.15, 0.2) is 59.7 Å². The second-order valence-corrected chi connectivity index (χ2v) is 8.90. The van der Waals surface area contributed by atoms with Gasteiger partial charge in [-0.1, -0.05) is 48.5 Å². The van der Waals surface area contributed by atoms with Gasteiger partial charge in [0.1, 0.15) is 0 Å². The Bertz CT molecular complexity index is 1030. The lowest BCUT2D eigenvalue weighted by Gasteiger charge is -2.15. The van der Waals surface area contributed by atoms with Gasteiger partial charge in [-0.2, -0.15) is 5.10 Å². The van der Waals surface area contributed by atoms with Gasteiger partial charge in [0.05, 0.1) is 17.2 Å². The van der Waals surface area contributed by atoms with Crippen molar-refractivity contribution in [1.82, 2.24) is 9.99 Å². The lowest BCUT2D eigenvalue weighted by atomic mass is 10.1. The minimum Gasteiger partial charge on any atom is -0.317 e. The number of thioether (sulfide) groups is 1. The van der Waals surface area contributed by atoms with Crippen molar-refractivity contribution >= 4 is 23.9 Å². The van der Waals surface area contributed by atoms with Crippen LogP contribution in [-0.4, -0.2) is 21.9 Å². The average Bonchev–Trinajstić information content (AvgIpc) is 3.00. The molecule has 0 unspecified atom stereocenters. The Morgan fingerprint density at radius 1 is 1.07 bits per heavy atom. The third kappa shape index (κ3) is 5.03. The van der Waals surface area contributed by atoms with Crippen LogP contribution in [0.5, 0.6) is 0 Å². The van der Waals surface area contributed by atoms with Gasteiger partial charge in [-0.05, 0) is 57.4 Å². The third-order valence-corrected chi connectivity index (χ3v) is 6.44. The minimum absolute atomic E-state index is 0.0873. The molecule has 0 radical (unpaired) electrons.